The molecule has 1 saturated heterocycles. The fourth-order valence-electron chi connectivity index (χ4n) is 4.17. The summed E-state index contributed by atoms with van der Waals surface area (Å²) in [6.07, 6.45) is -4.81. The summed E-state index contributed by atoms with van der Waals surface area (Å²) in [6, 6.07) is 15.9. The average Bonchev–Trinajstić information content (AvgIpc) is 3.40. The number of nitrogens with zero attached hydrogens (tertiary/aromatic N) is 2. The van der Waals surface area contributed by atoms with Crippen LogP contribution in [0.1, 0.15) is 34.9 Å². The van der Waals surface area contributed by atoms with Crippen molar-refractivity contribution >= 4 is 17.3 Å². The van der Waals surface area contributed by atoms with Crippen LogP contribution in [0.2, 0.25) is 0 Å². The molecular formula is C26H27F3N2O5S. The molecule has 3 unspecified atom stereocenters. The molecule has 0 bridgehead atoms. The Morgan fingerprint density at radius 1 is 1.24 bits per heavy atom. The number of β-amino-alcohol motifs (C(OH)–C–C–N with tert-alkyl or cyclic N) is 1. The fourth-order valence-corrected chi connectivity index (χ4v) is 4.90. The third-order valence-corrected chi connectivity index (χ3v) is 7.04. The van der Waals surface area contributed by atoms with Crippen LogP contribution in [0.15, 0.2) is 60.0 Å². The standard InChI is InChI=1S/C26H27F3N2O5S/c1-17(12-18-8-10-20(11-9-18)35-14-23(32)34-2)31-13-22(21-15-37-24(30-21)26(27,28)29)36-25(33,16-31)19-6-4-3-5-7-19/h3-11,15,17,22,33H,12-14,16H2,1-2H3. The van der Waals surface area contributed by atoms with Gasteiger partial charge in [0, 0.05) is 23.5 Å². The summed E-state index contributed by atoms with van der Waals surface area (Å²) in [6.45, 7) is 2.19. The van der Waals surface area contributed by atoms with Crippen LogP contribution in [0.5, 0.6) is 5.75 Å². The molecule has 0 aliphatic carbocycles. The quantitative estimate of drug-likeness (QED) is 0.423. The molecule has 4 rings (SSSR count). The number of hydrogen-bond acceptors (Lipinski definition) is 8. The van der Waals surface area contributed by atoms with Gasteiger partial charge in [-0.05, 0) is 31.0 Å². The van der Waals surface area contributed by atoms with E-state index in [0.717, 1.165) is 5.56 Å². The van der Waals surface area contributed by atoms with Gasteiger partial charge in [-0.2, -0.15) is 13.2 Å². The first-order valence-electron chi connectivity index (χ1n) is 11.6. The Morgan fingerprint density at radius 3 is 2.57 bits per heavy atom. The summed E-state index contributed by atoms with van der Waals surface area (Å²) in [5.74, 6) is -1.69. The number of aliphatic hydroxyl groups is 1. The summed E-state index contributed by atoms with van der Waals surface area (Å²) in [5, 5.41) is 11.9. The van der Waals surface area contributed by atoms with E-state index in [-0.39, 0.29) is 31.4 Å². The highest BCUT2D eigenvalue weighted by Gasteiger charge is 2.44. The van der Waals surface area contributed by atoms with E-state index in [0.29, 0.717) is 29.1 Å². The van der Waals surface area contributed by atoms with E-state index in [9.17, 15) is 23.1 Å². The molecule has 37 heavy (non-hydrogen) atoms. The van der Waals surface area contributed by atoms with Crippen LogP contribution in [0.4, 0.5) is 13.2 Å². The van der Waals surface area contributed by atoms with Crippen molar-refractivity contribution in [3.8, 4) is 5.75 Å². The van der Waals surface area contributed by atoms with Gasteiger partial charge >= 0.3 is 12.1 Å². The van der Waals surface area contributed by atoms with Crippen molar-refractivity contribution in [1.29, 1.82) is 0 Å². The van der Waals surface area contributed by atoms with Crippen molar-refractivity contribution < 1.29 is 37.3 Å². The van der Waals surface area contributed by atoms with Gasteiger partial charge in [0.2, 0.25) is 5.79 Å². The van der Waals surface area contributed by atoms with E-state index in [2.05, 4.69) is 9.72 Å². The number of rotatable bonds is 8. The lowest BCUT2D eigenvalue weighted by molar-refractivity contribution is -0.283. The second-order valence-electron chi connectivity index (χ2n) is 8.82. The highest BCUT2D eigenvalue weighted by Crippen LogP contribution is 2.39. The number of alkyl halides is 3. The second-order valence-corrected chi connectivity index (χ2v) is 9.68. The third kappa shape index (κ3) is 6.67. The molecule has 11 heteroatoms. The first kappa shape index (κ1) is 27.1. The molecular weight excluding hydrogens is 509 g/mol. The molecule has 3 aromatic rings. The molecule has 1 fully saturated rings. The lowest BCUT2D eigenvalue weighted by Gasteiger charge is -2.45. The molecule has 7 nitrogen and oxygen atoms in total. The molecule has 0 saturated carbocycles. The molecule has 198 valence electrons. The van der Waals surface area contributed by atoms with Crippen molar-refractivity contribution in [1.82, 2.24) is 9.88 Å². The van der Waals surface area contributed by atoms with Crippen LogP contribution in [0, 0.1) is 0 Å². The highest BCUT2D eigenvalue weighted by molar-refractivity contribution is 7.09. The predicted octanol–water partition coefficient (Wildman–Crippen LogP) is 4.56. The lowest BCUT2D eigenvalue weighted by Crippen LogP contribution is -2.54. The van der Waals surface area contributed by atoms with Gasteiger partial charge in [-0.25, -0.2) is 9.78 Å². The van der Waals surface area contributed by atoms with Gasteiger partial charge in [0.05, 0.1) is 19.3 Å². The molecule has 1 N–H and O–H groups in total. The number of carbonyl (C=O) groups is 1. The number of halogens is 3. The maximum atomic E-state index is 13.2. The zero-order chi connectivity index (χ0) is 26.6. The summed E-state index contributed by atoms with van der Waals surface area (Å²) in [5.41, 5.74) is 1.63. The number of aromatic nitrogens is 1. The first-order chi connectivity index (χ1) is 17.6. The van der Waals surface area contributed by atoms with E-state index in [4.69, 9.17) is 9.47 Å². The second kappa shape index (κ2) is 11.2. The maximum absolute atomic E-state index is 13.2. The van der Waals surface area contributed by atoms with Crippen molar-refractivity contribution in [3.05, 3.63) is 81.8 Å². The summed E-state index contributed by atoms with van der Waals surface area (Å²) < 4.78 is 55.5. The van der Waals surface area contributed by atoms with Gasteiger partial charge in [0.15, 0.2) is 11.6 Å². The number of benzene rings is 2. The Morgan fingerprint density at radius 2 is 1.95 bits per heavy atom. The van der Waals surface area contributed by atoms with Crippen molar-refractivity contribution in [3.63, 3.8) is 0 Å². The van der Waals surface area contributed by atoms with Gasteiger partial charge in [0.25, 0.3) is 0 Å². The van der Waals surface area contributed by atoms with E-state index in [1.54, 1.807) is 36.4 Å². The first-order valence-corrected chi connectivity index (χ1v) is 12.5. The molecule has 1 aliphatic rings. The monoisotopic (exact) mass is 536 g/mol. The molecule has 0 radical (unpaired) electrons. The Balaban J connectivity index is 1.52. The molecule has 2 aromatic carbocycles. The Kier molecular flexibility index (Phi) is 8.17. The summed E-state index contributed by atoms with van der Waals surface area (Å²) in [7, 11) is 1.29. The Hall–Kier alpha value is -2.99. The fraction of sp³-hybridized carbons (Fsp3) is 0.385. The zero-order valence-electron chi connectivity index (χ0n) is 20.3. The van der Waals surface area contributed by atoms with Crippen LogP contribution in [0.25, 0.3) is 0 Å². The minimum atomic E-state index is -4.55. The molecule has 0 amide bonds. The molecule has 1 aliphatic heterocycles. The van der Waals surface area contributed by atoms with Gasteiger partial charge in [-0.3, -0.25) is 4.90 Å². The Labute approximate surface area is 216 Å². The lowest BCUT2D eigenvalue weighted by atomic mass is 9.98. The SMILES string of the molecule is COC(=O)COc1ccc(CC(C)N2CC(c3csc(C(F)(F)F)n3)OC(O)(c3ccccc3)C2)cc1. The number of carbonyl (C=O) groups excluding carboxylic acids is 1. The highest BCUT2D eigenvalue weighted by atomic mass is 32.1. The number of methoxy groups -OCH3 is 1. The molecule has 3 atom stereocenters. The van der Waals surface area contributed by atoms with Crippen molar-refractivity contribution in [2.24, 2.45) is 0 Å². The molecule has 2 heterocycles. The normalized spacial score (nSPS) is 21.4. The van der Waals surface area contributed by atoms with Gasteiger partial charge in [0.1, 0.15) is 11.9 Å². The van der Waals surface area contributed by atoms with E-state index < -0.39 is 29.0 Å². The Bertz CT molecular complexity index is 1190. The van der Waals surface area contributed by atoms with Crippen molar-refractivity contribution in [2.45, 2.75) is 37.5 Å². The molecule has 1 aromatic heterocycles. The van der Waals surface area contributed by atoms with Gasteiger partial charge < -0.3 is 19.3 Å². The van der Waals surface area contributed by atoms with E-state index in [1.807, 2.05) is 30.0 Å². The van der Waals surface area contributed by atoms with Crippen LogP contribution in [-0.2, 0) is 32.7 Å². The van der Waals surface area contributed by atoms with Crippen molar-refractivity contribution in [2.75, 3.05) is 26.8 Å². The number of hydrogen-bond donors (Lipinski definition) is 1. The maximum Gasteiger partial charge on any atom is 0.443 e. The zero-order valence-corrected chi connectivity index (χ0v) is 21.1. The topological polar surface area (TPSA) is 81.1 Å². The van der Waals surface area contributed by atoms with E-state index in [1.165, 1.54) is 12.5 Å². The third-order valence-electron chi connectivity index (χ3n) is 6.14. The molecule has 0 spiro atoms. The number of morpholine rings is 1. The number of ether oxygens (including phenoxy) is 3. The van der Waals surface area contributed by atoms with Crippen LogP contribution in [-0.4, -0.2) is 53.8 Å². The van der Waals surface area contributed by atoms with Gasteiger partial charge in [-0.15, -0.1) is 11.3 Å². The summed E-state index contributed by atoms with van der Waals surface area (Å²) in [4.78, 5) is 17.0. The van der Waals surface area contributed by atoms with Crippen LogP contribution < -0.4 is 4.74 Å². The number of thiazole rings is 1. The van der Waals surface area contributed by atoms with Crippen LogP contribution in [0.3, 0.4) is 0 Å². The predicted molar refractivity (Wildman–Crippen MR) is 130 cm³/mol. The minimum Gasteiger partial charge on any atom is -0.482 e. The van der Waals surface area contributed by atoms with E-state index >= 15 is 0 Å². The van der Waals surface area contributed by atoms with Crippen LogP contribution >= 0.6 is 11.3 Å². The largest absolute Gasteiger partial charge is 0.482 e. The average molecular weight is 537 g/mol. The summed E-state index contributed by atoms with van der Waals surface area (Å²) >= 11 is 0.510. The smallest absolute Gasteiger partial charge is 0.443 e. The minimum absolute atomic E-state index is 0.0933. The number of esters is 1. The van der Waals surface area contributed by atoms with Gasteiger partial charge in [-0.1, -0.05) is 42.5 Å².